The lowest BCUT2D eigenvalue weighted by Crippen LogP contribution is -2.49. The van der Waals surface area contributed by atoms with E-state index in [-0.39, 0.29) is 5.91 Å². The number of carbonyl (C=O) groups is 1. The van der Waals surface area contributed by atoms with Crippen LogP contribution in [0.25, 0.3) is 11.3 Å². The highest BCUT2D eigenvalue weighted by Crippen LogP contribution is 2.23. The number of hydrogen-bond acceptors (Lipinski definition) is 5. The van der Waals surface area contributed by atoms with Crippen molar-refractivity contribution in [1.82, 2.24) is 20.1 Å². The summed E-state index contributed by atoms with van der Waals surface area (Å²) in [4.78, 5) is 20.5. The molecule has 3 rings (SSSR count). The molecule has 7 heteroatoms. The molecule has 0 radical (unpaired) electrons. The topological polar surface area (TPSA) is 61.6 Å². The number of aromatic nitrogens is 1. The minimum Gasteiger partial charge on any atom is -0.439 e. The van der Waals surface area contributed by atoms with Crippen molar-refractivity contribution < 1.29 is 9.21 Å². The fraction of sp³-hybridized carbons (Fsp3) is 0.444. The number of hydrogen-bond donors (Lipinski definition) is 1. The third-order valence-electron chi connectivity index (χ3n) is 4.25. The zero-order valence-corrected chi connectivity index (χ0v) is 15.1. The van der Waals surface area contributed by atoms with Crippen LogP contribution in [0.1, 0.15) is 12.8 Å². The lowest BCUT2D eigenvalue weighted by molar-refractivity contribution is -0.122. The van der Waals surface area contributed by atoms with Gasteiger partial charge in [0.05, 0.1) is 19.3 Å². The first kappa shape index (κ1) is 17.9. The van der Waals surface area contributed by atoms with Crippen molar-refractivity contribution in [3.8, 4) is 11.3 Å². The molecule has 0 unspecified atom stereocenters. The fourth-order valence-corrected chi connectivity index (χ4v) is 3.01. The molecule has 0 atom stereocenters. The van der Waals surface area contributed by atoms with E-state index in [1.54, 1.807) is 6.20 Å². The van der Waals surface area contributed by atoms with Gasteiger partial charge in [0, 0.05) is 43.3 Å². The van der Waals surface area contributed by atoms with Crippen LogP contribution in [0.15, 0.2) is 34.9 Å². The van der Waals surface area contributed by atoms with E-state index in [2.05, 4.69) is 20.1 Å². The molecule has 1 saturated heterocycles. The van der Waals surface area contributed by atoms with E-state index in [4.69, 9.17) is 16.0 Å². The number of benzene rings is 1. The molecule has 6 nitrogen and oxygen atoms in total. The number of amides is 1. The van der Waals surface area contributed by atoms with Gasteiger partial charge in [-0.15, -0.1) is 0 Å². The largest absolute Gasteiger partial charge is 0.439 e. The Morgan fingerprint density at radius 2 is 1.88 bits per heavy atom. The van der Waals surface area contributed by atoms with E-state index < -0.39 is 0 Å². The molecule has 1 aliphatic rings. The van der Waals surface area contributed by atoms with E-state index in [0.29, 0.717) is 30.5 Å². The Kier molecular flexibility index (Phi) is 6.07. The van der Waals surface area contributed by atoms with Gasteiger partial charge in [0.2, 0.25) is 11.8 Å². The van der Waals surface area contributed by atoms with Crippen molar-refractivity contribution in [1.29, 1.82) is 0 Å². The molecular formula is C18H23ClN4O2. The summed E-state index contributed by atoms with van der Waals surface area (Å²) in [6.07, 6.45) is 1.75. The van der Waals surface area contributed by atoms with Gasteiger partial charge in [0.1, 0.15) is 0 Å². The molecule has 2 aromatic rings. The van der Waals surface area contributed by atoms with Crippen molar-refractivity contribution in [2.75, 3.05) is 39.3 Å². The second-order valence-electron chi connectivity index (χ2n) is 6.13. The van der Waals surface area contributed by atoms with Crippen LogP contribution >= 0.6 is 11.6 Å². The lowest BCUT2D eigenvalue weighted by Gasteiger charge is -2.33. The van der Waals surface area contributed by atoms with Crippen LogP contribution in [-0.2, 0) is 11.3 Å². The number of halogens is 1. The molecule has 1 fully saturated rings. The van der Waals surface area contributed by atoms with Crippen molar-refractivity contribution in [3.63, 3.8) is 0 Å². The highest BCUT2D eigenvalue weighted by molar-refractivity contribution is 6.30. The summed E-state index contributed by atoms with van der Waals surface area (Å²) in [5.41, 5.74) is 0.968. The summed E-state index contributed by atoms with van der Waals surface area (Å²) < 4.78 is 5.86. The van der Waals surface area contributed by atoms with Crippen LogP contribution in [0.3, 0.4) is 0 Å². The predicted octanol–water partition coefficient (Wildman–Crippen LogP) is 2.25. The highest BCUT2D eigenvalue weighted by Gasteiger charge is 2.20. The number of piperazine rings is 1. The number of rotatable bonds is 6. The second kappa shape index (κ2) is 8.47. The van der Waals surface area contributed by atoms with Crippen LogP contribution in [0.2, 0.25) is 5.02 Å². The van der Waals surface area contributed by atoms with Gasteiger partial charge in [-0.3, -0.25) is 14.6 Å². The average molecular weight is 363 g/mol. The molecule has 1 aliphatic heterocycles. The van der Waals surface area contributed by atoms with E-state index in [1.807, 2.05) is 31.2 Å². The molecule has 0 bridgehead atoms. The predicted molar refractivity (Wildman–Crippen MR) is 97.3 cm³/mol. The Bertz CT molecular complexity index is 693. The minimum atomic E-state index is 0.0938. The van der Waals surface area contributed by atoms with Gasteiger partial charge in [-0.2, -0.15) is 0 Å². The van der Waals surface area contributed by atoms with Crippen molar-refractivity contribution in [2.45, 2.75) is 13.5 Å². The van der Waals surface area contributed by atoms with Crippen LogP contribution < -0.4 is 5.32 Å². The maximum atomic E-state index is 11.6. The average Bonchev–Trinajstić information content (AvgIpc) is 3.06. The van der Waals surface area contributed by atoms with Crippen LogP contribution in [-0.4, -0.2) is 60.0 Å². The molecule has 25 heavy (non-hydrogen) atoms. The van der Waals surface area contributed by atoms with Gasteiger partial charge in [-0.25, -0.2) is 4.98 Å². The Labute approximate surface area is 152 Å². The molecule has 0 saturated carbocycles. The van der Waals surface area contributed by atoms with E-state index in [9.17, 15) is 4.79 Å². The third-order valence-corrected chi connectivity index (χ3v) is 4.50. The first-order valence-corrected chi connectivity index (χ1v) is 8.94. The summed E-state index contributed by atoms with van der Waals surface area (Å²) in [5, 5.41) is 3.54. The van der Waals surface area contributed by atoms with Gasteiger partial charge in [0.25, 0.3) is 0 Å². The van der Waals surface area contributed by atoms with Gasteiger partial charge in [0.15, 0.2) is 5.76 Å². The maximum Gasteiger partial charge on any atom is 0.234 e. The zero-order valence-electron chi connectivity index (χ0n) is 14.4. The molecular weight excluding hydrogens is 340 g/mol. The summed E-state index contributed by atoms with van der Waals surface area (Å²) in [7, 11) is 0. The third kappa shape index (κ3) is 5.04. The van der Waals surface area contributed by atoms with Crippen molar-refractivity contribution in [3.05, 3.63) is 41.4 Å². The molecule has 2 heterocycles. The van der Waals surface area contributed by atoms with Crippen molar-refractivity contribution in [2.24, 2.45) is 0 Å². The van der Waals surface area contributed by atoms with Crippen LogP contribution in [0, 0.1) is 0 Å². The number of oxazole rings is 1. The zero-order chi connectivity index (χ0) is 17.6. The van der Waals surface area contributed by atoms with Crippen LogP contribution in [0.4, 0.5) is 0 Å². The van der Waals surface area contributed by atoms with E-state index >= 15 is 0 Å². The monoisotopic (exact) mass is 362 g/mol. The summed E-state index contributed by atoms with van der Waals surface area (Å²) in [5.74, 6) is 1.56. The molecule has 0 spiro atoms. The second-order valence-corrected chi connectivity index (χ2v) is 6.57. The molecule has 134 valence electrons. The normalized spacial score (nSPS) is 16.1. The Balaban J connectivity index is 1.49. The summed E-state index contributed by atoms with van der Waals surface area (Å²) >= 11 is 5.91. The highest BCUT2D eigenvalue weighted by atomic mass is 35.5. The summed E-state index contributed by atoms with van der Waals surface area (Å²) in [6, 6.07) is 7.53. The number of likely N-dealkylation sites (N-methyl/N-ethyl adjacent to an activating group) is 1. The van der Waals surface area contributed by atoms with Gasteiger partial charge >= 0.3 is 0 Å². The number of nitrogens with one attached hydrogen (secondary N) is 1. The van der Waals surface area contributed by atoms with Crippen molar-refractivity contribution >= 4 is 17.5 Å². The quantitative estimate of drug-likeness (QED) is 0.854. The first-order valence-electron chi connectivity index (χ1n) is 8.56. The summed E-state index contributed by atoms with van der Waals surface area (Å²) in [6.45, 7) is 7.33. The fourth-order valence-electron chi connectivity index (χ4n) is 2.88. The van der Waals surface area contributed by atoms with E-state index in [1.165, 1.54) is 0 Å². The first-order chi connectivity index (χ1) is 12.1. The van der Waals surface area contributed by atoms with Crippen LogP contribution in [0.5, 0.6) is 0 Å². The Hall–Kier alpha value is -1.89. The molecule has 0 aliphatic carbocycles. The Morgan fingerprint density at radius 3 is 2.56 bits per heavy atom. The molecule has 1 N–H and O–H groups in total. The molecule has 1 aromatic carbocycles. The maximum absolute atomic E-state index is 11.6. The molecule has 1 amide bonds. The van der Waals surface area contributed by atoms with Gasteiger partial charge in [-0.1, -0.05) is 11.6 Å². The smallest absolute Gasteiger partial charge is 0.234 e. The number of carbonyl (C=O) groups excluding carboxylic acids is 1. The number of nitrogens with zero attached hydrogens (tertiary/aromatic N) is 3. The standard InChI is InChI=1S/C18H23ClN4O2/c1-2-20-17(24)12-22-7-9-23(10-8-22)13-18-21-11-16(25-18)14-3-5-15(19)6-4-14/h3-6,11H,2,7-10,12-13H2,1H3,(H,20,24). The SMILES string of the molecule is CCNC(=O)CN1CCN(Cc2ncc(-c3ccc(Cl)cc3)o2)CC1. The molecule has 1 aromatic heterocycles. The van der Waals surface area contributed by atoms with E-state index in [0.717, 1.165) is 37.5 Å². The lowest BCUT2D eigenvalue weighted by atomic mass is 10.2. The van der Waals surface area contributed by atoms with Gasteiger partial charge in [-0.05, 0) is 31.2 Å². The Morgan fingerprint density at radius 1 is 1.20 bits per heavy atom. The van der Waals surface area contributed by atoms with Gasteiger partial charge < -0.3 is 9.73 Å². The minimum absolute atomic E-state index is 0.0938.